The maximum absolute atomic E-state index is 14.0. The summed E-state index contributed by atoms with van der Waals surface area (Å²) in [5.74, 6) is -3.81. The number of sulfonamides is 1. The number of carbonyl (C=O) groups excluding carboxylic acids is 4. The van der Waals surface area contributed by atoms with E-state index < -0.39 is 50.2 Å². The molecule has 0 bridgehead atoms. The smallest absolute Gasteiger partial charge is 0.357 e. The van der Waals surface area contributed by atoms with E-state index in [4.69, 9.17) is 27.9 Å². The fourth-order valence-electron chi connectivity index (χ4n) is 4.71. The number of ether oxygens (including phenoxy) is 1. The molecule has 0 saturated heterocycles. The van der Waals surface area contributed by atoms with Crippen molar-refractivity contribution in [2.24, 2.45) is 0 Å². The van der Waals surface area contributed by atoms with E-state index in [-0.39, 0.29) is 42.5 Å². The first-order valence-electron chi connectivity index (χ1n) is 12.0. The van der Waals surface area contributed by atoms with Crippen LogP contribution in [0.1, 0.15) is 31.1 Å². The van der Waals surface area contributed by atoms with Gasteiger partial charge in [0.25, 0.3) is 15.6 Å². The molecule has 14 heteroatoms. The van der Waals surface area contributed by atoms with Gasteiger partial charge in [0.05, 0.1) is 15.5 Å². The Balaban J connectivity index is 1.44. The molecule has 3 aromatic carbocycles. The Bertz CT molecular complexity index is 1940. The summed E-state index contributed by atoms with van der Waals surface area (Å²) in [5.41, 5.74) is -3.58. The van der Waals surface area contributed by atoms with Gasteiger partial charge in [-0.25, -0.2) is 18.2 Å². The molecule has 1 spiro atoms. The Labute approximate surface area is 252 Å². The van der Waals surface area contributed by atoms with Crippen molar-refractivity contribution in [1.29, 1.82) is 0 Å². The lowest BCUT2D eigenvalue weighted by atomic mass is 9.83. The number of nitrogens with one attached hydrogen (secondary N) is 2. The van der Waals surface area contributed by atoms with Crippen LogP contribution in [0.25, 0.3) is 0 Å². The molecular weight excluding hydrogens is 625 g/mol. The van der Waals surface area contributed by atoms with Gasteiger partial charge in [-0.15, -0.1) is 11.3 Å². The second kappa shape index (κ2) is 10.2. The normalized spacial score (nSPS) is 15.6. The van der Waals surface area contributed by atoms with Crippen molar-refractivity contribution < 1.29 is 32.3 Å². The van der Waals surface area contributed by atoms with Gasteiger partial charge in [0.1, 0.15) is 5.70 Å². The second-order valence-electron chi connectivity index (χ2n) is 9.07. The van der Waals surface area contributed by atoms with Crippen LogP contribution >= 0.6 is 34.5 Å². The summed E-state index contributed by atoms with van der Waals surface area (Å²) >= 11 is 13.4. The zero-order valence-electron chi connectivity index (χ0n) is 20.9. The fourth-order valence-corrected chi connectivity index (χ4v) is 6.99. The molecule has 2 heterocycles. The van der Waals surface area contributed by atoms with E-state index in [1.807, 2.05) is 0 Å². The van der Waals surface area contributed by atoms with Crippen LogP contribution in [0.15, 0.2) is 94.5 Å². The van der Waals surface area contributed by atoms with E-state index in [0.29, 0.717) is 0 Å². The third-order valence-electron chi connectivity index (χ3n) is 6.60. The van der Waals surface area contributed by atoms with Crippen molar-refractivity contribution >= 4 is 78.7 Å². The maximum Gasteiger partial charge on any atom is 0.357 e. The summed E-state index contributed by atoms with van der Waals surface area (Å²) in [5, 5.41) is 4.70. The van der Waals surface area contributed by atoms with Gasteiger partial charge in [-0.1, -0.05) is 47.5 Å². The number of aromatic nitrogens is 1. The monoisotopic (exact) mass is 639 g/mol. The molecule has 4 aromatic rings. The number of Topliss-reactive ketones (excluding diaryl/α,β-unsaturated/α-hetero) is 3. The van der Waals surface area contributed by atoms with Gasteiger partial charge in [0.15, 0.2) is 10.9 Å². The highest BCUT2D eigenvalue weighted by Crippen LogP contribution is 2.45. The van der Waals surface area contributed by atoms with E-state index in [2.05, 4.69) is 15.0 Å². The quantitative estimate of drug-likeness (QED) is 0.158. The molecule has 0 atom stereocenters. The second-order valence-corrected chi connectivity index (χ2v) is 12.5. The highest BCUT2D eigenvalue weighted by Gasteiger charge is 2.65. The lowest BCUT2D eigenvalue weighted by Gasteiger charge is -2.22. The first kappa shape index (κ1) is 27.8. The molecule has 1 aliphatic heterocycles. The minimum Gasteiger partial charge on any atom is -0.432 e. The van der Waals surface area contributed by atoms with Crippen molar-refractivity contribution in [3.05, 3.63) is 116 Å². The first-order valence-corrected chi connectivity index (χ1v) is 15.1. The number of esters is 1. The predicted octanol–water partition coefficient (Wildman–Crippen LogP) is 5.17. The number of anilines is 2. The van der Waals surface area contributed by atoms with Gasteiger partial charge < -0.3 is 10.1 Å². The molecule has 210 valence electrons. The zero-order chi connectivity index (χ0) is 29.8. The number of hydrogen-bond donors (Lipinski definition) is 2. The van der Waals surface area contributed by atoms with Crippen molar-refractivity contribution in [2.45, 2.75) is 10.5 Å². The van der Waals surface area contributed by atoms with E-state index >= 15 is 0 Å². The number of thiazole rings is 1. The Morgan fingerprint density at radius 3 is 2.19 bits per heavy atom. The molecule has 1 aliphatic carbocycles. The summed E-state index contributed by atoms with van der Waals surface area (Å²) in [4.78, 5) is 58.5. The molecule has 2 aliphatic rings. The average molecular weight is 640 g/mol. The number of benzene rings is 3. The highest BCUT2D eigenvalue weighted by molar-refractivity contribution is 7.93. The number of hydrogen-bond acceptors (Lipinski definition) is 10. The highest BCUT2D eigenvalue weighted by atomic mass is 35.5. The number of ketones is 3. The topological polar surface area (TPSA) is 149 Å². The molecule has 42 heavy (non-hydrogen) atoms. The molecule has 10 nitrogen and oxygen atoms in total. The minimum atomic E-state index is -3.97. The van der Waals surface area contributed by atoms with Gasteiger partial charge >= 0.3 is 5.97 Å². The van der Waals surface area contributed by atoms with Gasteiger partial charge in [-0.3, -0.25) is 19.1 Å². The summed E-state index contributed by atoms with van der Waals surface area (Å²) in [6.07, 6.45) is 1.45. The number of carbonyl (C=O) groups is 4. The molecular formula is C28H15Cl2N3O7S2. The predicted molar refractivity (Wildman–Crippen MR) is 155 cm³/mol. The summed E-state index contributed by atoms with van der Waals surface area (Å²) in [6, 6.07) is 15.1. The molecule has 1 aromatic heterocycles. The van der Waals surface area contributed by atoms with Gasteiger partial charge in [-0.2, -0.15) is 0 Å². The van der Waals surface area contributed by atoms with Crippen LogP contribution in [0.2, 0.25) is 10.0 Å². The van der Waals surface area contributed by atoms with Crippen LogP contribution in [0.3, 0.4) is 0 Å². The minimum absolute atomic E-state index is 0.00802. The zero-order valence-corrected chi connectivity index (χ0v) is 24.0. The van der Waals surface area contributed by atoms with Crippen LogP contribution < -0.4 is 10.0 Å². The fraction of sp³-hybridized carbons (Fsp3) is 0.0357. The SMILES string of the molecule is O=C1OC2(C(=O)c3ccccc3C2=O)C(C(=O)c2ccc(Cl)cc2Cl)=C1Nc1ccc(S(=O)(=O)Nc2nccs2)cc1. The Morgan fingerprint density at radius 1 is 0.929 bits per heavy atom. The maximum atomic E-state index is 14.0. The molecule has 0 unspecified atom stereocenters. The third kappa shape index (κ3) is 4.40. The molecule has 6 rings (SSSR count). The number of rotatable bonds is 7. The van der Waals surface area contributed by atoms with E-state index in [1.165, 1.54) is 60.8 Å². The van der Waals surface area contributed by atoms with Crippen LogP contribution in [-0.4, -0.2) is 42.3 Å². The first-order chi connectivity index (χ1) is 20.0. The van der Waals surface area contributed by atoms with Crippen LogP contribution in [0.4, 0.5) is 10.8 Å². The Kier molecular flexibility index (Phi) is 6.73. The van der Waals surface area contributed by atoms with E-state index in [0.717, 1.165) is 11.3 Å². The Hall–Kier alpha value is -4.36. The third-order valence-corrected chi connectivity index (χ3v) is 9.32. The van der Waals surface area contributed by atoms with Gasteiger partial charge in [-0.05, 0) is 42.5 Å². The molecule has 0 fully saturated rings. The summed E-state index contributed by atoms with van der Waals surface area (Å²) in [6.45, 7) is 0. The molecule has 0 radical (unpaired) electrons. The lowest BCUT2D eigenvalue weighted by Crippen LogP contribution is -2.46. The van der Waals surface area contributed by atoms with Gasteiger partial charge in [0.2, 0.25) is 11.6 Å². The van der Waals surface area contributed by atoms with E-state index in [9.17, 15) is 27.6 Å². The number of nitrogens with zero attached hydrogens (tertiary/aromatic N) is 1. The van der Waals surface area contributed by atoms with Crippen molar-refractivity contribution in [3.63, 3.8) is 0 Å². The van der Waals surface area contributed by atoms with Crippen LogP contribution in [-0.2, 0) is 19.6 Å². The number of fused-ring (bicyclic) bond motifs is 1. The van der Waals surface area contributed by atoms with Crippen molar-refractivity contribution in [1.82, 2.24) is 4.98 Å². The standard InChI is InChI=1S/C28H15Cl2N3O7S2/c29-14-5-10-19(20(30)13-14)23(34)21-22(26(37)40-28(21)24(35)17-3-1-2-4-18(17)25(28)36)32-15-6-8-16(9-7-15)42(38,39)33-27-31-11-12-41-27/h1-13,32H,(H,31,33). The number of halogens is 2. The van der Waals surface area contributed by atoms with Crippen molar-refractivity contribution in [3.8, 4) is 0 Å². The van der Waals surface area contributed by atoms with E-state index in [1.54, 1.807) is 17.5 Å². The van der Waals surface area contributed by atoms with Crippen molar-refractivity contribution in [2.75, 3.05) is 10.0 Å². The molecule has 0 saturated carbocycles. The molecule has 0 amide bonds. The summed E-state index contributed by atoms with van der Waals surface area (Å²) in [7, 11) is -3.97. The van der Waals surface area contributed by atoms with Crippen LogP contribution in [0.5, 0.6) is 0 Å². The largest absolute Gasteiger partial charge is 0.432 e. The van der Waals surface area contributed by atoms with Crippen LogP contribution in [0, 0.1) is 0 Å². The molecule has 2 N–H and O–H groups in total. The van der Waals surface area contributed by atoms with Gasteiger partial charge in [0, 0.05) is 39.0 Å². The Morgan fingerprint density at radius 2 is 1.60 bits per heavy atom. The summed E-state index contributed by atoms with van der Waals surface area (Å²) < 4.78 is 33.3. The average Bonchev–Trinajstić information content (AvgIpc) is 3.62. The lowest BCUT2D eigenvalue weighted by molar-refractivity contribution is -0.141.